The molecule has 0 aromatic carbocycles. The van der Waals surface area contributed by atoms with Crippen molar-refractivity contribution in [3.63, 3.8) is 0 Å². The number of nitrogens with two attached hydrogens (primary N) is 1. The molecule has 7 nitrogen and oxygen atoms in total. The van der Waals surface area contributed by atoms with Gasteiger partial charge in [0.25, 0.3) is 0 Å². The molecule has 0 fully saturated rings. The molecule has 22 heavy (non-hydrogen) atoms. The first-order chi connectivity index (χ1) is 10.2. The zero-order valence-electron chi connectivity index (χ0n) is 13.0. The number of carbonyl (C=O) groups excluding carboxylic acids is 2. The first-order valence-corrected chi connectivity index (χ1v) is 6.52. The smallest absolute Gasteiger partial charge is 0.408 e. The molecular weight excluding hydrogens is 286 g/mol. The Morgan fingerprint density at radius 1 is 1.41 bits per heavy atom. The van der Waals surface area contributed by atoms with Crippen molar-refractivity contribution in [2.75, 3.05) is 19.4 Å². The largest absolute Gasteiger partial charge is 0.465 e. The number of hydrogen-bond acceptors (Lipinski definition) is 6. The maximum Gasteiger partial charge on any atom is 0.408 e. The Labute approximate surface area is 129 Å². The normalized spacial score (nSPS) is 10.2. The van der Waals surface area contributed by atoms with Gasteiger partial charge in [-0.3, -0.25) is 0 Å². The van der Waals surface area contributed by atoms with E-state index in [0.717, 1.165) is 0 Å². The number of hydrogen-bond donors (Lipinski definition) is 2. The van der Waals surface area contributed by atoms with Crippen molar-refractivity contribution in [3.05, 3.63) is 23.4 Å². The predicted octanol–water partition coefficient (Wildman–Crippen LogP) is 1.33. The Kier molecular flexibility index (Phi) is 5.75. The van der Waals surface area contributed by atoms with E-state index in [1.807, 2.05) is 0 Å². The highest BCUT2D eigenvalue weighted by Crippen LogP contribution is 2.10. The lowest BCUT2D eigenvalue weighted by Crippen LogP contribution is -2.32. The summed E-state index contributed by atoms with van der Waals surface area (Å²) in [6.45, 7) is 5.38. The van der Waals surface area contributed by atoms with Gasteiger partial charge in [0, 0.05) is 6.20 Å². The van der Waals surface area contributed by atoms with E-state index in [0.29, 0.717) is 5.56 Å². The average Bonchev–Trinajstić information content (AvgIpc) is 2.42. The maximum atomic E-state index is 11.4. The van der Waals surface area contributed by atoms with Gasteiger partial charge >= 0.3 is 12.1 Å². The van der Waals surface area contributed by atoms with E-state index >= 15 is 0 Å². The van der Waals surface area contributed by atoms with Crippen molar-refractivity contribution < 1.29 is 19.1 Å². The van der Waals surface area contributed by atoms with Crippen molar-refractivity contribution in [3.8, 4) is 11.8 Å². The molecule has 1 aromatic heterocycles. The molecule has 1 rings (SSSR count). The van der Waals surface area contributed by atoms with Gasteiger partial charge < -0.3 is 20.5 Å². The summed E-state index contributed by atoms with van der Waals surface area (Å²) >= 11 is 0. The van der Waals surface area contributed by atoms with Crippen molar-refractivity contribution in [1.82, 2.24) is 10.3 Å². The number of methoxy groups -OCH3 is 1. The van der Waals surface area contributed by atoms with Gasteiger partial charge in [-0.05, 0) is 26.8 Å². The van der Waals surface area contributed by atoms with E-state index in [2.05, 4.69) is 26.9 Å². The highest BCUT2D eigenvalue weighted by Gasteiger charge is 2.15. The standard InChI is InChI=1S/C15H19N3O4/c1-15(2,3)22-14(20)17-7-5-6-10-8-11(13(19)21-4)9-18-12(10)16/h8-9H,7H2,1-4H3,(H2,16,18)(H,17,20). The average molecular weight is 305 g/mol. The molecule has 1 aromatic rings. The fourth-order valence-electron chi connectivity index (χ4n) is 1.37. The molecule has 118 valence electrons. The molecule has 0 unspecified atom stereocenters. The minimum absolute atomic E-state index is 0.0802. The van der Waals surface area contributed by atoms with Crippen LogP contribution in [0.4, 0.5) is 10.6 Å². The third kappa shape index (κ3) is 5.71. The molecule has 0 bridgehead atoms. The number of aromatic nitrogens is 1. The van der Waals surface area contributed by atoms with Gasteiger partial charge in [-0.25, -0.2) is 14.6 Å². The second-order valence-electron chi connectivity index (χ2n) is 5.31. The summed E-state index contributed by atoms with van der Waals surface area (Å²) in [5, 5.41) is 2.49. The van der Waals surface area contributed by atoms with Crippen LogP contribution in [-0.2, 0) is 9.47 Å². The molecule has 1 amide bonds. The van der Waals surface area contributed by atoms with Crippen LogP contribution in [0.1, 0.15) is 36.7 Å². The topological polar surface area (TPSA) is 104 Å². The van der Waals surface area contributed by atoms with Crippen LogP contribution in [0.15, 0.2) is 12.3 Å². The summed E-state index contributed by atoms with van der Waals surface area (Å²) in [6.07, 6.45) is 0.752. The molecule has 0 radical (unpaired) electrons. The van der Waals surface area contributed by atoms with Crippen molar-refractivity contribution in [2.45, 2.75) is 26.4 Å². The fraction of sp³-hybridized carbons (Fsp3) is 0.400. The highest BCUT2D eigenvalue weighted by atomic mass is 16.6. The zero-order valence-corrected chi connectivity index (χ0v) is 13.0. The molecule has 0 aliphatic rings. The van der Waals surface area contributed by atoms with Crippen LogP contribution < -0.4 is 11.1 Å². The monoisotopic (exact) mass is 305 g/mol. The first-order valence-electron chi connectivity index (χ1n) is 6.52. The quantitative estimate of drug-likeness (QED) is 0.631. The van der Waals surface area contributed by atoms with Gasteiger partial charge in [-0.1, -0.05) is 11.8 Å². The summed E-state index contributed by atoms with van der Waals surface area (Å²) < 4.78 is 9.66. The van der Waals surface area contributed by atoms with Crippen LogP contribution >= 0.6 is 0 Å². The highest BCUT2D eigenvalue weighted by molar-refractivity contribution is 5.89. The number of carbonyl (C=O) groups is 2. The third-order valence-electron chi connectivity index (χ3n) is 2.28. The number of ether oxygens (including phenoxy) is 2. The fourth-order valence-corrected chi connectivity index (χ4v) is 1.37. The first kappa shape index (κ1) is 17.3. The molecule has 0 spiro atoms. The SMILES string of the molecule is COC(=O)c1cnc(N)c(C#CCNC(=O)OC(C)(C)C)c1. The predicted molar refractivity (Wildman–Crippen MR) is 81.1 cm³/mol. The van der Waals surface area contributed by atoms with E-state index in [1.54, 1.807) is 20.8 Å². The Hall–Kier alpha value is -2.75. The minimum atomic E-state index is -0.569. The van der Waals surface area contributed by atoms with Crippen molar-refractivity contribution >= 4 is 17.9 Å². The molecule has 3 N–H and O–H groups in total. The number of alkyl carbamates (subject to hydrolysis) is 1. The number of nitrogens with zero attached hydrogens (tertiary/aromatic N) is 1. The van der Waals surface area contributed by atoms with E-state index in [1.165, 1.54) is 19.4 Å². The van der Waals surface area contributed by atoms with E-state index < -0.39 is 17.7 Å². The number of esters is 1. The molecule has 7 heteroatoms. The number of nitrogen functional groups attached to an aromatic ring is 1. The Bertz CT molecular complexity index is 624. The lowest BCUT2D eigenvalue weighted by Gasteiger charge is -2.19. The van der Waals surface area contributed by atoms with E-state index in [9.17, 15) is 9.59 Å². The summed E-state index contributed by atoms with van der Waals surface area (Å²) in [7, 11) is 1.27. The van der Waals surface area contributed by atoms with E-state index in [4.69, 9.17) is 10.5 Å². The summed E-state index contributed by atoms with van der Waals surface area (Å²) in [5.41, 5.74) is 5.74. The van der Waals surface area contributed by atoms with Crippen molar-refractivity contribution in [2.24, 2.45) is 0 Å². The lowest BCUT2D eigenvalue weighted by molar-refractivity contribution is 0.0533. The Morgan fingerprint density at radius 3 is 2.68 bits per heavy atom. The molecule has 0 aliphatic carbocycles. The van der Waals surface area contributed by atoms with Crippen LogP contribution in [0.5, 0.6) is 0 Å². The van der Waals surface area contributed by atoms with Crippen LogP contribution in [-0.4, -0.2) is 36.3 Å². The van der Waals surface area contributed by atoms with Crippen LogP contribution in [0.2, 0.25) is 0 Å². The molecule has 0 saturated heterocycles. The summed E-state index contributed by atoms with van der Waals surface area (Å²) in [6, 6.07) is 1.48. The number of rotatable bonds is 2. The van der Waals surface area contributed by atoms with Gasteiger partial charge in [0.15, 0.2) is 0 Å². The number of pyridine rings is 1. The van der Waals surface area contributed by atoms with Gasteiger partial charge in [-0.15, -0.1) is 0 Å². The minimum Gasteiger partial charge on any atom is -0.465 e. The van der Waals surface area contributed by atoms with Crippen LogP contribution in [0.3, 0.4) is 0 Å². The van der Waals surface area contributed by atoms with Gasteiger partial charge in [-0.2, -0.15) is 0 Å². The number of anilines is 1. The Morgan fingerprint density at radius 2 is 2.09 bits per heavy atom. The molecule has 0 saturated carbocycles. The second-order valence-corrected chi connectivity index (χ2v) is 5.31. The molecule has 0 atom stereocenters. The molecular formula is C15H19N3O4. The third-order valence-corrected chi connectivity index (χ3v) is 2.28. The maximum absolute atomic E-state index is 11.4. The second kappa shape index (κ2) is 7.31. The van der Waals surface area contributed by atoms with E-state index in [-0.39, 0.29) is 17.9 Å². The summed E-state index contributed by atoms with van der Waals surface area (Å²) in [5.74, 6) is 5.11. The van der Waals surface area contributed by atoms with Gasteiger partial charge in [0.2, 0.25) is 0 Å². The number of amides is 1. The molecule has 1 heterocycles. The van der Waals surface area contributed by atoms with Gasteiger partial charge in [0.05, 0.1) is 24.8 Å². The Balaban J connectivity index is 2.68. The summed E-state index contributed by atoms with van der Waals surface area (Å²) in [4.78, 5) is 26.7. The zero-order chi connectivity index (χ0) is 16.8. The molecule has 0 aliphatic heterocycles. The lowest BCUT2D eigenvalue weighted by atomic mass is 10.2. The van der Waals surface area contributed by atoms with Crippen LogP contribution in [0.25, 0.3) is 0 Å². The van der Waals surface area contributed by atoms with Crippen molar-refractivity contribution in [1.29, 1.82) is 0 Å². The van der Waals surface area contributed by atoms with Gasteiger partial charge in [0.1, 0.15) is 11.4 Å². The number of nitrogens with one attached hydrogen (secondary N) is 1. The van der Waals surface area contributed by atoms with Crippen LogP contribution in [0, 0.1) is 11.8 Å².